The maximum Gasteiger partial charge on any atom is 0.446 e. The molecule has 1 amide bonds. The Hall–Kier alpha value is -2.23. The van der Waals surface area contributed by atoms with E-state index in [0.29, 0.717) is 12.3 Å². The Morgan fingerprint density at radius 2 is 1.67 bits per heavy atom. The molecule has 3 nitrogen and oxygen atoms in total. The number of hydrogen-bond donors (Lipinski definition) is 1. The summed E-state index contributed by atoms with van der Waals surface area (Å²) in [6.07, 6.45) is -3.94. The zero-order valence-corrected chi connectivity index (χ0v) is 12.4. The van der Waals surface area contributed by atoms with Crippen molar-refractivity contribution >= 4 is 23.4 Å². The molecule has 0 fully saturated rings. The van der Waals surface area contributed by atoms with Crippen molar-refractivity contribution in [3.63, 3.8) is 0 Å². The van der Waals surface area contributed by atoms with Crippen LogP contribution in [0.25, 0.3) is 0 Å². The number of benzene rings is 1. The molecular formula is C14H8F6N2OS. The third kappa shape index (κ3) is 4.88. The number of halogens is 6. The second kappa shape index (κ2) is 6.71. The smallest absolute Gasteiger partial charge is 0.321 e. The fourth-order valence-electron chi connectivity index (χ4n) is 1.67. The van der Waals surface area contributed by atoms with E-state index in [4.69, 9.17) is 0 Å². The molecule has 0 aliphatic rings. The van der Waals surface area contributed by atoms with Gasteiger partial charge in [-0.05, 0) is 36.0 Å². The number of hydrogen-bond acceptors (Lipinski definition) is 3. The highest BCUT2D eigenvalue weighted by Gasteiger charge is 2.32. The van der Waals surface area contributed by atoms with Crippen molar-refractivity contribution < 1.29 is 31.1 Å². The fraction of sp³-hybridized carbons (Fsp3) is 0.143. The van der Waals surface area contributed by atoms with Crippen molar-refractivity contribution in [3.8, 4) is 0 Å². The lowest BCUT2D eigenvalue weighted by molar-refractivity contribution is -0.141. The van der Waals surface area contributed by atoms with E-state index in [1.807, 2.05) is 0 Å². The topological polar surface area (TPSA) is 42.0 Å². The van der Waals surface area contributed by atoms with Gasteiger partial charge in [0.25, 0.3) is 5.91 Å². The summed E-state index contributed by atoms with van der Waals surface area (Å²) < 4.78 is 74.6. The first kappa shape index (κ1) is 18.1. The number of pyridine rings is 1. The molecule has 2 aromatic rings. The number of thioether (sulfide) groups is 1. The van der Waals surface area contributed by atoms with Crippen molar-refractivity contribution in [1.82, 2.24) is 4.98 Å². The van der Waals surface area contributed by atoms with Crippen LogP contribution in [0, 0.1) is 0 Å². The summed E-state index contributed by atoms with van der Waals surface area (Å²) in [4.78, 5) is 14.9. The van der Waals surface area contributed by atoms with E-state index < -0.39 is 35.0 Å². The second-order valence-corrected chi connectivity index (χ2v) is 5.53. The van der Waals surface area contributed by atoms with Gasteiger partial charge in [0.2, 0.25) is 0 Å². The number of carbonyl (C=O) groups is 1. The Labute approximate surface area is 136 Å². The molecule has 0 aliphatic carbocycles. The van der Waals surface area contributed by atoms with Crippen molar-refractivity contribution in [3.05, 3.63) is 53.9 Å². The number of nitrogens with zero attached hydrogens (tertiary/aromatic N) is 1. The fourth-order valence-corrected chi connectivity index (χ4v) is 2.30. The van der Waals surface area contributed by atoms with Crippen LogP contribution < -0.4 is 5.32 Å². The molecule has 0 aliphatic heterocycles. The molecule has 0 bridgehead atoms. The standard InChI is InChI=1S/C14H8F6N2OS/c15-13(16,17)11-6-5-8(7-21-11)12(23)22-9-3-1-2-4-10(9)24-14(18,19)20/h1-7H,(H,22,23). The van der Waals surface area contributed by atoms with Crippen LogP contribution in [0.15, 0.2) is 47.5 Å². The van der Waals surface area contributed by atoms with Crippen LogP contribution in [0.1, 0.15) is 16.1 Å². The molecule has 0 unspecified atom stereocenters. The van der Waals surface area contributed by atoms with Gasteiger partial charge in [0.15, 0.2) is 0 Å². The minimum absolute atomic E-state index is 0.107. The number of aromatic nitrogens is 1. The highest BCUT2D eigenvalue weighted by atomic mass is 32.2. The first-order valence-corrected chi connectivity index (χ1v) is 7.07. The summed E-state index contributed by atoms with van der Waals surface area (Å²) in [7, 11) is 0. The SMILES string of the molecule is O=C(Nc1ccccc1SC(F)(F)F)c1ccc(C(F)(F)F)nc1. The summed E-state index contributed by atoms with van der Waals surface area (Å²) in [6, 6.07) is 6.71. The van der Waals surface area contributed by atoms with E-state index in [-0.39, 0.29) is 16.1 Å². The molecule has 1 heterocycles. The number of anilines is 1. The highest BCUT2D eigenvalue weighted by molar-refractivity contribution is 8.00. The molecule has 0 radical (unpaired) electrons. The molecule has 0 spiro atoms. The Balaban J connectivity index is 2.18. The molecule has 0 saturated heterocycles. The lowest BCUT2D eigenvalue weighted by Gasteiger charge is -2.12. The summed E-state index contributed by atoms with van der Waals surface area (Å²) in [5.74, 6) is -0.869. The Morgan fingerprint density at radius 3 is 2.21 bits per heavy atom. The van der Waals surface area contributed by atoms with E-state index in [1.165, 1.54) is 24.3 Å². The van der Waals surface area contributed by atoms with Crippen LogP contribution in [0.5, 0.6) is 0 Å². The van der Waals surface area contributed by atoms with Crippen molar-refractivity contribution in [2.24, 2.45) is 0 Å². The van der Waals surface area contributed by atoms with Crippen LogP contribution >= 0.6 is 11.8 Å². The van der Waals surface area contributed by atoms with Gasteiger partial charge < -0.3 is 5.32 Å². The van der Waals surface area contributed by atoms with Gasteiger partial charge >= 0.3 is 11.7 Å². The maximum atomic E-state index is 12.5. The maximum absolute atomic E-state index is 12.5. The predicted molar refractivity (Wildman–Crippen MR) is 75.5 cm³/mol. The van der Waals surface area contributed by atoms with Crippen molar-refractivity contribution in [1.29, 1.82) is 0 Å². The normalized spacial score (nSPS) is 12.1. The zero-order valence-electron chi connectivity index (χ0n) is 11.6. The summed E-state index contributed by atoms with van der Waals surface area (Å²) in [5.41, 5.74) is -6.04. The minimum Gasteiger partial charge on any atom is -0.321 e. The zero-order chi connectivity index (χ0) is 18.0. The van der Waals surface area contributed by atoms with E-state index in [0.717, 1.165) is 6.07 Å². The van der Waals surface area contributed by atoms with E-state index in [9.17, 15) is 31.1 Å². The van der Waals surface area contributed by atoms with Crippen LogP contribution in [-0.4, -0.2) is 16.4 Å². The number of nitrogens with one attached hydrogen (secondary N) is 1. The van der Waals surface area contributed by atoms with Gasteiger partial charge in [0.05, 0.1) is 11.3 Å². The Morgan fingerprint density at radius 1 is 1.00 bits per heavy atom. The van der Waals surface area contributed by atoms with Gasteiger partial charge in [-0.3, -0.25) is 9.78 Å². The van der Waals surface area contributed by atoms with Crippen molar-refractivity contribution in [2.75, 3.05) is 5.32 Å². The molecular weight excluding hydrogens is 358 g/mol. The predicted octanol–water partition coefficient (Wildman–Crippen LogP) is 4.96. The second-order valence-electron chi connectivity index (χ2n) is 4.43. The molecule has 128 valence electrons. The lowest BCUT2D eigenvalue weighted by atomic mass is 10.2. The van der Waals surface area contributed by atoms with Crippen LogP contribution in [0.4, 0.5) is 32.0 Å². The molecule has 10 heteroatoms. The number of amides is 1. The minimum atomic E-state index is -4.65. The molecule has 0 atom stereocenters. The lowest BCUT2D eigenvalue weighted by Crippen LogP contribution is -2.15. The highest BCUT2D eigenvalue weighted by Crippen LogP contribution is 2.40. The number of para-hydroxylation sites is 1. The van der Waals surface area contributed by atoms with E-state index in [2.05, 4.69) is 10.3 Å². The van der Waals surface area contributed by atoms with Gasteiger partial charge in [0.1, 0.15) is 5.69 Å². The largest absolute Gasteiger partial charge is 0.446 e. The van der Waals surface area contributed by atoms with Gasteiger partial charge in [-0.1, -0.05) is 12.1 Å². The summed E-state index contributed by atoms with van der Waals surface area (Å²) >= 11 is -0.409. The van der Waals surface area contributed by atoms with E-state index in [1.54, 1.807) is 0 Å². The van der Waals surface area contributed by atoms with E-state index >= 15 is 0 Å². The Bertz CT molecular complexity index is 727. The first-order valence-electron chi connectivity index (χ1n) is 6.25. The van der Waals surface area contributed by atoms with Gasteiger partial charge in [-0.15, -0.1) is 0 Å². The Kier molecular flexibility index (Phi) is 5.07. The quantitative estimate of drug-likeness (QED) is 0.616. The van der Waals surface area contributed by atoms with Gasteiger partial charge in [-0.2, -0.15) is 26.3 Å². The van der Waals surface area contributed by atoms with Crippen LogP contribution in [0.2, 0.25) is 0 Å². The third-order valence-electron chi connectivity index (χ3n) is 2.68. The number of rotatable bonds is 3. The average Bonchev–Trinajstić information content (AvgIpc) is 2.47. The summed E-state index contributed by atoms with van der Waals surface area (Å²) in [6.45, 7) is 0. The third-order valence-corrected chi connectivity index (χ3v) is 3.48. The van der Waals surface area contributed by atoms with Crippen LogP contribution in [-0.2, 0) is 6.18 Å². The molecule has 24 heavy (non-hydrogen) atoms. The summed E-state index contributed by atoms with van der Waals surface area (Å²) in [5, 5.41) is 2.23. The number of carbonyl (C=O) groups excluding carboxylic acids is 1. The average molecular weight is 366 g/mol. The van der Waals surface area contributed by atoms with Gasteiger partial charge in [-0.25, -0.2) is 0 Å². The number of alkyl halides is 6. The molecule has 1 aromatic heterocycles. The monoisotopic (exact) mass is 366 g/mol. The molecule has 1 aromatic carbocycles. The van der Waals surface area contributed by atoms with Gasteiger partial charge in [0, 0.05) is 11.1 Å². The molecule has 0 saturated carbocycles. The molecule has 1 N–H and O–H groups in total. The van der Waals surface area contributed by atoms with Crippen molar-refractivity contribution in [2.45, 2.75) is 16.6 Å². The first-order chi connectivity index (χ1) is 11.1. The van der Waals surface area contributed by atoms with Crippen LogP contribution in [0.3, 0.4) is 0 Å². The molecule has 2 rings (SSSR count).